The van der Waals surface area contributed by atoms with Crippen molar-refractivity contribution in [2.45, 2.75) is 13.5 Å². The average molecular weight is 318 g/mol. The fourth-order valence-corrected chi connectivity index (χ4v) is 2.65. The molecule has 0 aliphatic carbocycles. The number of nitrogens with zero attached hydrogens (tertiary/aromatic N) is 4. The zero-order valence-electron chi connectivity index (χ0n) is 13.1. The Morgan fingerprint density at radius 3 is 2.78 bits per heavy atom. The maximum absolute atomic E-state index is 11.2. The van der Waals surface area contributed by atoms with Crippen molar-refractivity contribution >= 4 is 11.6 Å². The summed E-state index contributed by atoms with van der Waals surface area (Å²) < 4.78 is 12.8. The molecule has 0 unspecified atom stereocenters. The van der Waals surface area contributed by atoms with E-state index in [0.717, 1.165) is 11.3 Å². The maximum Gasteiger partial charge on any atom is 0.406 e. The molecule has 0 saturated carbocycles. The fraction of sp³-hybridized carbons (Fsp3) is 0.400. The third-order valence-corrected chi connectivity index (χ3v) is 3.72. The lowest BCUT2D eigenvalue weighted by Gasteiger charge is -2.24. The second-order valence-electron chi connectivity index (χ2n) is 5.25. The summed E-state index contributed by atoms with van der Waals surface area (Å²) in [6.45, 7) is 4.17. The van der Waals surface area contributed by atoms with Gasteiger partial charge in [-0.3, -0.25) is 4.57 Å². The molecular formula is C15H18N4O4. The van der Waals surface area contributed by atoms with Crippen LogP contribution in [0.25, 0.3) is 0 Å². The van der Waals surface area contributed by atoms with Crippen LogP contribution in [0.1, 0.15) is 12.5 Å². The number of hydrogen-bond acceptors (Lipinski definition) is 6. The smallest absolute Gasteiger partial charge is 0.406 e. The number of aromatic nitrogens is 2. The monoisotopic (exact) mass is 318 g/mol. The van der Waals surface area contributed by atoms with E-state index in [-0.39, 0.29) is 5.82 Å². The van der Waals surface area contributed by atoms with Gasteiger partial charge in [0.15, 0.2) is 11.5 Å². The van der Waals surface area contributed by atoms with Gasteiger partial charge in [-0.1, -0.05) is 6.07 Å². The van der Waals surface area contributed by atoms with Crippen LogP contribution in [-0.2, 0) is 13.6 Å². The van der Waals surface area contributed by atoms with Crippen LogP contribution in [0.2, 0.25) is 0 Å². The summed E-state index contributed by atoms with van der Waals surface area (Å²) in [7, 11) is 1.75. The van der Waals surface area contributed by atoms with Gasteiger partial charge in [-0.15, -0.1) is 0 Å². The van der Waals surface area contributed by atoms with Gasteiger partial charge in [-0.25, -0.2) is 0 Å². The molecule has 0 saturated heterocycles. The summed E-state index contributed by atoms with van der Waals surface area (Å²) >= 11 is 0. The molecule has 0 amide bonds. The molecule has 0 bridgehead atoms. The Morgan fingerprint density at radius 1 is 1.35 bits per heavy atom. The number of rotatable bonds is 5. The number of benzene rings is 1. The summed E-state index contributed by atoms with van der Waals surface area (Å²) in [5.74, 6) is 1.80. The first-order valence-electron chi connectivity index (χ1n) is 7.39. The second kappa shape index (κ2) is 6.15. The Morgan fingerprint density at radius 2 is 2.09 bits per heavy atom. The highest BCUT2D eigenvalue weighted by atomic mass is 16.6. The molecule has 0 atom stereocenters. The van der Waals surface area contributed by atoms with E-state index < -0.39 is 4.92 Å². The fourth-order valence-electron chi connectivity index (χ4n) is 2.65. The Balaban J connectivity index is 1.88. The third-order valence-electron chi connectivity index (χ3n) is 3.72. The maximum atomic E-state index is 11.2. The van der Waals surface area contributed by atoms with E-state index >= 15 is 0 Å². The summed E-state index contributed by atoms with van der Waals surface area (Å²) in [5, 5.41) is 11.2. The first-order valence-corrected chi connectivity index (χ1v) is 7.39. The molecule has 0 spiro atoms. The number of aryl methyl sites for hydroxylation is 1. The van der Waals surface area contributed by atoms with Crippen molar-refractivity contribution < 1.29 is 14.4 Å². The summed E-state index contributed by atoms with van der Waals surface area (Å²) in [5.41, 5.74) is 0.992. The van der Waals surface area contributed by atoms with E-state index in [2.05, 4.69) is 4.98 Å². The van der Waals surface area contributed by atoms with E-state index in [1.54, 1.807) is 11.6 Å². The standard InChI is InChI=1S/C15H18N4O4/c1-3-18(15-14(19(20)21)16-10-17(15)2)9-11-4-5-12-13(8-11)23-7-6-22-12/h4-5,8,10H,3,6-7,9H2,1-2H3. The molecule has 1 aromatic carbocycles. The Bertz CT molecular complexity index is 728. The molecule has 8 nitrogen and oxygen atoms in total. The zero-order chi connectivity index (χ0) is 16.4. The molecule has 23 heavy (non-hydrogen) atoms. The highest BCUT2D eigenvalue weighted by Crippen LogP contribution is 2.32. The quantitative estimate of drug-likeness (QED) is 0.620. The minimum atomic E-state index is -0.457. The van der Waals surface area contributed by atoms with Crippen LogP contribution in [0.15, 0.2) is 24.5 Å². The summed E-state index contributed by atoms with van der Waals surface area (Å²) in [6.07, 6.45) is 1.46. The Labute approximate surface area is 133 Å². The number of fused-ring (bicyclic) bond motifs is 1. The third kappa shape index (κ3) is 2.92. The van der Waals surface area contributed by atoms with E-state index in [4.69, 9.17) is 9.47 Å². The van der Waals surface area contributed by atoms with E-state index in [1.165, 1.54) is 6.33 Å². The number of ether oxygens (including phenoxy) is 2. The van der Waals surface area contributed by atoms with Crippen LogP contribution in [-0.4, -0.2) is 34.2 Å². The van der Waals surface area contributed by atoms with Crippen LogP contribution < -0.4 is 14.4 Å². The SMILES string of the molecule is CCN(Cc1ccc2c(c1)OCCO2)c1c([N+](=O)[O-])ncn1C. The van der Waals surface area contributed by atoms with Crippen molar-refractivity contribution in [2.24, 2.45) is 7.05 Å². The van der Waals surface area contributed by atoms with Gasteiger partial charge in [0, 0.05) is 20.1 Å². The van der Waals surface area contributed by atoms with Gasteiger partial charge >= 0.3 is 5.82 Å². The highest BCUT2D eigenvalue weighted by molar-refractivity contribution is 5.55. The van der Waals surface area contributed by atoms with E-state index in [0.29, 0.717) is 37.9 Å². The van der Waals surface area contributed by atoms with Gasteiger partial charge in [0.2, 0.25) is 12.1 Å². The van der Waals surface area contributed by atoms with Gasteiger partial charge in [0.25, 0.3) is 0 Å². The van der Waals surface area contributed by atoms with Crippen molar-refractivity contribution in [2.75, 3.05) is 24.7 Å². The second-order valence-corrected chi connectivity index (χ2v) is 5.25. The number of nitro groups is 1. The van der Waals surface area contributed by atoms with E-state index in [9.17, 15) is 10.1 Å². The molecule has 0 fully saturated rings. The van der Waals surface area contributed by atoms with Crippen molar-refractivity contribution in [3.63, 3.8) is 0 Å². The van der Waals surface area contributed by atoms with Crippen molar-refractivity contribution in [1.82, 2.24) is 9.55 Å². The van der Waals surface area contributed by atoms with Gasteiger partial charge in [-0.2, -0.15) is 0 Å². The van der Waals surface area contributed by atoms with Crippen LogP contribution in [0.4, 0.5) is 11.6 Å². The number of imidazole rings is 1. The molecule has 0 N–H and O–H groups in total. The Kier molecular flexibility index (Phi) is 4.05. The average Bonchev–Trinajstić information content (AvgIpc) is 2.94. The van der Waals surface area contributed by atoms with Gasteiger partial charge < -0.3 is 24.5 Å². The lowest BCUT2D eigenvalue weighted by Crippen LogP contribution is -2.25. The lowest BCUT2D eigenvalue weighted by molar-refractivity contribution is -0.388. The van der Waals surface area contributed by atoms with Crippen LogP contribution in [0.3, 0.4) is 0 Å². The molecule has 1 aromatic heterocycles. The van der Waals surface area contributed by atoms with Crippen molar-refractivity contribution in [3.8, 4) is 11.5 Å². The molecule has 2 aromatic rings. The van der Waals surface area contributed by atoms with E-state index in [1.807, 2.05) is 30.0 Å². The lowest BCUT2D eigenvalue weighted by atomic mass is 10.2. The number of anilines is 1. The van der Waals surface area contributed by atoms with Crippen LogP contribution in [0, 0.1) is 10.1 Å². The summed E-state index contributed by atoms with van der Waals surface area (Å²) in [4.78, 5) is 16.5. The molecule has 1 aliphatic rings. The molecule has 8 heteroatoms. The van der Waals surface area contributed by atoms with Crippen molar-refractivity contribution in [3.05, 3.63) is 40.2 Å². The predicted molar refractivity (Wildman–Crippen MR) is 84.0 cm³/mol. The first-order chi connectivity index (χ1) is 11.1. The topological polar surface area (TPSA) is 82.7 Å². The Hall–Kier alpha value is -2.77. The largest absolute Gasteiger partial charge is 0.486 e. The molecule has 3 rings (SSSR count). The van der Waals surface area contributed by atoms with Gasteiger partial charge in [-0.05, 0) is 34.5 Å². The highest BCUT2D eigenvalue weighted by Gasteiger charge is 2.25. The van der Waals surface area contributed by atoms with Gasteiger partial charge in [0.05, 0.1) is 0 Å². The summed E-state index contributed by atoms with van der Waals surface area (Å²) in [6, 6.07) is 5.73. The number of hydrogen-bond donors (Lipinski definition) is 0. The zero-order valence-corrected chi connectivity index (χ0v) is 13.1. The minimum absolute atomic E-state index is 0.133. The first kappa shape index (κ1) is 15.1. The normalized spacial score (nSPS) is 13.0. The predicted octanol–water partition coefficient (Wildman–Crippen LogP) is 2.13. The minimum Gasteiger partial charge on any atom is -0.486 e. The molecule has 122 valence electrons. The molecular weight excluding hydrogens is 300 g/mol. The van der Waals surface area contributed by atoms with Crippen LogP contribution >= 0.6 is 0 Å². The van der Waals surface area contributed by atoms with Gasteiger partial charge in [0.1, 0.15) is 13.2 Å². The van der Waals surface area contributed by atoms with Crippen molar-refractivity contribution in [1.29, 1.82) is 0 Å². The molecule has 2 heterocycles. The molecule has 1 aliphatic heterocycles. The molecule has 0 radical (unpaired) electrons. The van der Waals surface area contributed by atoms with Crippen LogP contribution in [0.5, 0.6) is 11.5 Å².